The number of hydrogen-bond acceptors (Lipinski definition) is 11. The molecule has 0 spiro atoms. The summed E-state index contributed by atoms with van der Waals surface area (Å²) < 4.78 is 18.3. The molecule has 2 unspecified atom stereocenters. The lowest BCUT2D eigenvalue weighted by atomic mass is 10.2. The van der Waals surface area contributed by atoms with Crippen molar-refractivity contribution in [2.45, 2.75) is 13.0 Å². The molecule has 1 aromatic rings. The number of aliphatic carboxylic acids is 1. The number of methoxy groups -OCH3 is 2. The molecule has 2 rings (SSSR count). The predicted molar refractivity (Wildman–Crippen MR) is 117 cm³/mol. The van der Waals surface area contributed by atoms with E-state index in [9.17, 15) is 20.1 Å². The first-order chi connectivity index (χ1) is 14.9. The molecule has 0 saturated heterocycles. The molecule has 2 atom stereocenters. The first-order valence-corrected chi connectivity index (χ1v) is 10.7. The van der Waals surface area contributed by atoms with Gasteiger partial charge in [0.1, 0.15) is 12.7 Å². The Labute approximate surface area is 182 Å². The number of ether oxygens (including phenoxy) is 2. The second-order valence-corrected chi connectivity index (χ2v) is 8.30. The fourth-order valence-corrected chi connectivity index (χ4v) is 4.82. The standard InChI is InChI=1S/C18H29N6O6P/c1-13(17(27)28)24-12-23(18(19)21-31(24)22(6-8-25)7-9-26)20-11-14-4-5-15(29-2)16(10-14)30-3/h4-5,10-11,13,25-26H,6-9,12H2,1-3H3,(H2,19,21)(H,27,28). The van der Waals surface area contributed by atoms with Crippen molar-refractivity contribution in [1.82, 2.24) is 14.3 Å². The van der Waals surface area contributed by atoms with Gasteiger partial charge in [0.25, 0.3) is 0 Å². The molecule has 1 aliphatic heterocycles. The maximum absolute atomic E-state index is 11.7. The van der Waals surface area contributed by atoms with Gasteiger partial charge in [-0.05, 0) is 30.7 Å². The van der Waals surface area contributed by atoms with Crippen LogP contribution in [0.3, 0.4) is 0 Å². The van der Waals surface area contributed by atoms with Crippen LogP contribution in [-0.2, 0) is 4.79 Å². The molecule has 172 valence electrons. The molecule has 0 fully saturated rings. The van der Waals surface area contributed by atoms with Gasteiger partial charge in [-0.25, -0.2) is 14.3 Å². The predicted octanol–water partition coefficient (Wildman–Crippen LogP) is -0.0859. The number of guanidine groups is 1. The summed E-state index contributed by atoms with van der Waals surface area (Å²) >= 11 is 0. The van der Waals surface area contributed by atoms with Gasteiger partial charge in [0, 0.05) is 13.1 Å². The molecule has 0 amide bonds. The number of hydrogen-bond donors (Lipinski definition) is 4. The number of benzene rings is 1. The molecular formula is C18H29N6O6P. The number of rotatable bonds is 11. The molecule has 0 bridgehead atoms. The van der Waals surface area contributed by atoms with E-state index in [-0.39, 0.29) is 38.9 Å². The monoisotopic (exact) mass is 456 g/mol. The fourth-order valence-electron chi connectivity index (χ4n) is 2.78. The quantitative estimate of drug-likeness (QED) is 0.262. The summed E-state index contributed by atoms with van der Waals surface area (Å²) in [6, 6.07) is 4.39. The van der Waals surface area contributed by atoms with Crippen LogP contribution in [0.5, 0.6) is 11.5 Å². The van der Waals surface area contributed by atoms with E-state index in [1.807, 2.05) is 0 Å². The summed E-state index contributed by atoms with van der Waals surface area (Å²) in [6.07, 6.45) is 1.56. The Balaban J connectivity index is 2.32. The Kier molecular flexibility index (Phi) is 9.41. The van der Waals surface area contributed by atoms with Crippen LogP contribution >= 0.6 is 8.37 Å². The summed E-state index contributed by atoms with van der Waals surface area (Å²) in [4.78, 5) is 11.7. The topological polar surface area (TPSA) is 157 Å². The van der Waals surface area contributed by atoms with Gasteiger partial charge in [0.2, 0.25) is 5.96 Å². The van der Waals surface area contributed by atoms with Crippen molar-refractivity contribution < 1.29 is 29.6 Å². The van der Waals surface area contributed by atoms with Gasteiger partial charge in [0.05, 0.1) is 33.6 Å². The van der Waals surface area contributed by atoms with Crippen molar-refractivity contribution in [2.75, 3.05) is 47.2 Å². The second kappa shape index (κ2) is 11.8. The van der Waals surface area contributed by atoms with Crippen LogP contribution in [0, 0.1) is 0 Å². The van der Waals surface area contributed by atoms with Crippen LogP contribution in [0.25, 0.3) is 0 Å². The first-order valence-electron chi connectivity index (χ1n) is 9.49. The lowest BCUT2D eigenvalue weighted by Crippen LogP contribution is -2.51. The van der Waals surface area contributed by atoms with Gasteiger partial charge in [-0.2, -0.15) is 9.86 Å². The summed E-state index contributed by atoms with van der Waals surface area (Å²) in [6.45, 7) is 1.74. The van der Waals surface area contributed by atoms with Crippen molar-refractivity contribution >= 4 is 26.5 Å². The highest BCUT2D eigenvalue weighted by atomic mass is 31.1. The maximum atomic E-state index is 11.7. The van der Waals surface area contributed by atoms with Gasteiger partial charge >= 0.3 is 5.97 Å². The summed E-state index contributed by atoms with van der Waals surface area (Å²) in [5.74, 6) is 0.205. The summed E-state index contributed by atoms with van der Waals surface area (Å²) in [5.41, 5.74) is 6.83. The number of carbonyl (C=O) groups is 1. The zero-order chi connectivity index (χ0) is 23.0. The van der Waals surface area contributed by atoms with Gasteiger partial charge in [0.15, 0.2) is 19.9 Å². The van der Waals surface area contributed by atoms with Crippen molar-refractivity contribution in [3.63, 3.8) is 0 Å². The van der Waals surface area contributed by atoms with Gasteiger partial charge in [-0.15, -0.1) is 0 Å². The highest BCUT2D eigenvalue weighted by molar-refractivity contribution is 7.51. The molecule has 12 nitrogen and oxygen atoms in total. The van der Waals surface area contributed by atoms with E-state index in [0.717, 1.165) is 5.56 Å². The molecule has 0 saturated carbocycles. The van der Waals surface area contributed by atoms with E-state index in [0.29, 0.717) is 11.5 Å². The molecule has 1 aromatic carbocycles. The molecule has 1 heterocycles. The highest BCUT2D eigenvalue weighted by Gasteiger charge is 2.37. The minimum Gasteiger partial charge on any atom is -0.493 e. The smallest absolute Gasteiger partial charge is 0.321 e. The third kappa shape index (κ3) is 6.25. The first kappa shape index (κ1) is 24.8. The molecule has 31 heavy (non-hydrogen) atoms. The van der Waals surface area contributed by atoms with Gasteiger partial charge in [-0.1, -0.05) is 0 Å². The van der Waals surface area contributed by atoms with Crippen LogP contribution in [0.15, 0.2) is 28.1 Å². The van der Waals surface area contributed by atoms with Crippen molar-refractivity contribution in [3.05, 3.63) is 23.8 Å². The Bertz CT molecular complexity index is 804. The molecule has 13 heteroatoms. The minimum atomic E-state index is -1.55. The number of aliphatic hydroxyl groups excluding tert-OH is 2. The molecular weight excluding hydrogens is 427 g/mol. The van der Waals surface area contributed by atoms with Crippen LogP contribution < -0.4 is 15.2 Å². The van der Waals surface area contributed by atoms with E-state index < -0.39 is 20.4 Å². The number of nitrogens with two attached hydrogens (primary N) is 1. The zero-order valence-electron chi connectivity index (χ0n) is 17.7. The van der Waals surface area contributed by atoms with E-state index in [1.54, 1.807) is 47.8 Å². The Morgan fingerprint density at radius 1 is 1.32 bits per heavy atom. The van der Waals surface area contributed by atoms with Crippen LogP contribution in [0.2, 0.25) is 0 Å². The highest BCUT2D eigenvalue weighted by Crippen LogP contribution is 2.49. The van der Waals surface area contributed by atoms with Crippen molar-refractivity contribution in [3.8, 4) is 11.5 Å². The normalized spacial score (nSPS) is 18.3. The van der Waals surface area contributed by atoms with Crippen LogP contribution in [0.1, 0.15) is 12.5 Å². The average Bonchev–Trinajstić information content (AvgIpc) is 2.77. The summed E-state index contributed by atoms with van der Waals surface area (Å²) in [7, 11) is 1.53. The Morgan fingerprint density at radius 3 is 2.52 bits per heavy atom. The lowest BCUT2D eigenvalue weighted by molar-refractivity contribution is -0.141. The number of aliphatic hydroxyl groups is 2. The Morgan fingerprint density at radius 2 is 1.97 bits per heavy atom. The lowest BCUT2D eigenvalue weighted by Gasteiger charge is -2.42. The van der Waals surface area contributed by atoms with Crippen LogP contribution in [0.4, 0.5) is 0 Å². The fraction of sp³-hybridized carbons (Fsp3) is 0.500. The minimum absolute atomic E-state index is 0.0751. The zero-order valence-corrected chi connectivity index (χ0v) is 18.6. The molecule has 1 aliphatic rings. The average molecular weight is 456 g/mol. The SMILES string of the molecule is COc1ccc(C=NN2CN(C(C)C(=O)O)P(N(CCO)CCO)N=C2N)cc1OC. The number of hydrazone groups is 1. The molecule has 0 aliphatic carbocycles. The third-order valence-corrected chi connectivity index (χ3v) is 6.71. The van der Waals surface area contributed by atoms with E-state index in [4.69, 9.17) is 15.2 Å². The van der Waals surface area contributed by atoms with E-state index in [1.165, 1.54) is 12.1 Å². The molecule has 5 N–H and O–H groups in total. The third-order valence-electron chi connectivity index (χ3n) is 4.49. The van der Waals surface area contributed by atoms with E-state index in [2.05, 4.69) is 9.86 Å². The number of nitrogens with zero attached hydrogens (tertiary/aromatic N) is 5. The van der Waals surface area contributed by atoms with Crippen molar-refractivity contribution in [2.24, 2.45) is 15.6 Å². The van der Waals surface area contributed by atoms with Crippen molar-refractivity contribution in [1.29, 1.82) is 0 Å². The van der Waals surface area contributed by atoms with Gasteiger partial charge in [-0.3, -0.25) is 4.79 Å². The van der Waals surface area contributed by atoms with Gasteiger partial charge < -0.3 is 30.5 Å². The van der Waals surface area contributed by atoms with E-state index >= 15 is 0 Å². The molecule has 0 radical (unpaired) electrons. The maximum Gasteiger partial charge on any atom is 0.321 e. The largest absolute Gasteiger partial charge is 0.493 e. The number of carboxylic acid groups (broad SMARTS) is 1. The summed E-state index contributed by atoms with van der Waals surface area (Å²) in [5, 5.41) is 34.0. The number of carboxylic acids is 1. The second-order valence-electron chi connectivity index (χ2n) is 6.48. The Hall–Kier alpha value is -2.50. The molecule has 0 aromatic heterocycles. The van der Waals surface area contributed by atoms with Crippen LogP contribution in [-0.4, -0.2) is 101 Å².